The van der Waals surface area contributed by atoms with E-state index in [0.717, 1.165) is 23.4 Å². The van der Waals surface area contributed by atoms with Gasteiger partial charge in [-0.05, 0) is 36.8 Å². The molecule has 0 saturated heterocycles. The van der Waals surface area contributed by atoms with E-state index in [1.54, 1.807) is 0 Å². The summed E-state index contributed by atoms with van der Waals surface area (Å²) in [5, 5.41) is 3.22. The van der Waals surface area contributed by atoms with Crippen LogP contribution in [0.15, 0.2) is 10.8 Å². The minimum absolute atomic E-state index is 0.453. The number of aromatic nitrogens is 2. The monoisotopic (exact) mass is 287 g/mol. The van der Waals surface area contributed by atoms with Gasteiger partial charge in [0.05, 0.1) is 0 Å². The zero-order valence-electron chi connectivity index (χ0n) is 9.87. The van der Waals surface area contributed by atoms with Crippen molar-refractivity contribution < 1.29 is 0 Å². The maximum absolute atomic E-state index is 5.65. The Morgan fingerprint density at radius 2 is 2.19 bits per heavy atom. The van der Waals surface area contributed by atoms with E-state index in [0.29, 0.717) is 11.9 Å². The topological polar surface area (TPSA) is 67.1 Å². The smallest absolute Gasteiger partial charge is 0.145 e. The third kappa shape index (κ3) is 3.61. The van der Waals surface area contributed by atoms with Crippen molar-refractivity contribution in [3.63, 3.8) is 0 Å². The van der Waals surface area contributed by atoms with Crippen LogP contribution in [0, 0.1) is 0 Å². The van der Waals surface area contributed by atoms with Crippen molar-refractivity contribution in [2.75, 3.05) is 31.2 Å². The fourth-order valence-corrected chi connectivity index (χ4v) is 1.46. The van der Waals surface area contributed by atoms with Gasteiger partial charge in [0.25, 0.3) is 0 Å². The number of hydrogen-bond donors (Lipinski definition) is 2. The molecule has 0 radical (unpaired) electrons. The lowest BCUT2D eigenvalue weighted by Gasteiger charge is -2.21. The zero-order valence-corrected chi connectivity index (χ0v) is 11.5. The van der Waals surface area contributed by atoms with Gasteiger partial charge in [0.15, 0.2) is 0 Å². The first kappa shape index (κ1) is 13.2. The van der Waals surface area contributed by atoms with Crippen molar-refractivity contribution in [2.45, 2.75) is 19.9 Å². The number of nitrogens with zero attached hydrogens (tertiary/aromatic N) is 3. The van der Waals surface area contributed by atoms with Crippen molar-refractivity contribution in [1.82, 2.24) is 14.9 Å². The summed E-state index contributed by atoms with van der Waals surface area (Å²) >= 11 is 3.35. The molecule has 16 heavy (non-hydrogen) atoms. The summed E-state index contributed by atoms with van der Waals surface area (Å²) in [6.45, 7) is 6.11. The SMILES string of the molecule is CC(C)N(C)CCNc1ncnc(N)c1Br. The molecule has 0 spiro atoms. The summed E-state index contributed by atoms with van der Waals surface area (Å²) in [7, 11) is 2.09. The Bertz CT molecular complexity index is 342. The maximum atomic E-state index is 5.65. The Morgan fingerprint density at radius 3 is 2.81 bits per heavy atom. The zero-order chi connectivity index (χ0) is 12.1. The molecular formula is C10H18BrN5. The highest BCUT2D eigenvalue weighted by Gasteiger charge is 2.06. The lowest BCUT2D eigenvalue weighted by molar-refractivity contribution is 0.284. The van der Waals surface area contributed by atoms with E-state index in [2.05, 4.69) is 57.0 Å². The van der Waals surface area contributed by atoms with Gasteiger partial charge < -0.3 is 16.0 Å². The second kappa shape index (κ2) is 6.00. The average Bonchev–Trinajstić information content (AvgIpc) is 2.24. The molecule has 1 heterocycles. The van der Waals surface area contributed by atoms with Gasteiger partial charge in [0.1, 0.15) is 22.4 Å². The maximum Gasteiger partial charge on any atom is 0.145 e. The summed E-state index contributed by atoms with van der Waals surface area (Å²) in [5.74, 6) is 1.19. The van der Waals surface area contributed by atoms with Gasteiger partial charge in [-0.1, -0.05) is 0 Å². The van der Waals surface area contributed by atoms with Crippen LogP contribution in [-0.2, 0) is 0 Å². The fraction of sp³-hybridized carbons (Fsp3) is 0.600. The first-order chi connectivity index (χ1) is 7.52. The summed E-state index contributed by atoms with van der Waals surface area (Å²) in [4.78, 5) is 10.2. The molecule has 1 aromatic heterocycles. The number of nitrogen functional groups attached to an aromatic ring is 1. The summed E-state index contributed by atoms with van der Waals surface area (Å²) in [6, 6.07) is 0.542. The summed E-state index contributed by atoms with van der Waals surface area (Å²) in [5.41, 5.74) is 5.65. The van der Waals surface area contributed by atoms with Crippen LogP contribution in [0.4, 0.5) is 11.6 Å². The Hall–Kier alpha value is -0.880. The summed E-state index contributed by atoms with van der Waals surface area (Å²) < 4.78 is 0.724. The van der Waals surface area contributed by atoms with E-state index < -0.39 is 0 Å². The molecule has 0 aliphatic carbocycles. The van der Waals surface area contributed by atoms with Gasteiger partial charge in [-0.2, -0.15) is 0 Å². The quantitative estimate of drug-likeness (QED) is 0.861. The predicted octanol–water partition coefficient (Wildman–Crippen LogP) is 1.57. The number of rotatable bonds is 5. The van der Waals surface area contributed by atoms with Gasteiger partial charge in [-0.3, -0.25) is 0 Å². The number of likely N-dealkylation sites (N-methyl/N-ethyl adjacent to an activating group) is 1. The van der Waals surface area contributed by atoms with Crippen molar-refractivity contribution in [3.8, 4) is 0 Å². The largest absolute Gasteiger partial charge is 0.383 e. The van der Waals surface area contributed by atoms with E-state index in [1.165, 1.54) is 6.33 Å². The van der Waals surface area contributed by atoms with Crippen LogP contribution < -0.4 is 11.1 Å². The third-order valence-corrected chi connectivity index (χ3v) is 3.24. The second-order valence-corrected chi connectivity index (χ2v) is 4.72. The molecule has 1 aromatic rings. The number of nitrogens with one attached hydrogen (secondary N) is 1. The first-order valence-corrected chi connectivity index (χ1v) is 6.01. The molecule has 0 saturated carbocycles. The Morgan fingerprint density at radius 1 is 1.50 bits per heavy atom. The molecular weight excluding hydrogens is 270 g/mol. The standard InChI is InChI=1S/C10H18BrN5/c1-7(2)16(3)5-4-13-10-8(11)9(12)14-6-15-10/h6-7H,4-5H2,1-3H3,(H3,12,13,14,15). The highest BCUT2D eigenvalue weighted by atomic mass is 79.9. The Kier molecular flexibility index (Phi) is 4.95. The number of nitrogens with two attached hydrogens (primary N) is 1. The third-order valence-electron chi connectivity index (χ3n) is 2.45. The van der Waals surface area contributed by atoms with E-state index in [9.17, 15) is 0 Å². The summed E-state index contributed by atoms with van der Waals surface area (Å²) in [6.07, 6.45) is 1.45. The fourth-order valence-electron chi connectivity index (χ4n) is 1.12. The van der Waals surface area contributed by atoms with Crippen LogP contribution in [0.5, 0.6) is 0 Å². The van der Waals surface area contributed by atoms with Crippen molar-refractivity contribution in [1.29, 1.82) is 0 Å². The highest BCUT2D eigenvalue weighted by molar-refractivity contribution is 9.10. The molecule has 0 bridgehead atoms. The molecule has 90 valence electrons. The van der Waals surface area contributed by atoms with Crippen LogP contribution in [0.2, 0.25) is 0 Å². The predicted molar refractivity (Wildman–Crippen MR) is 70.4 cm³/mol. The molecule has 3 N–H and O–H groups in total. The lowest BCUT2D eigenvalue weighted by Crippen LogP contribution is -2.31. The Labute approximate surface area is 105 Å². The van der Waals surface area contributed by atoms with E-state index in [-0.39, 0.29) is 0 Å². The molecule has 0 atom stereocenters. The van der Waals surface area contributed by atoms with Crippen LogP contribution in [0.1, 0.15) is 13.8 Å². The van der Waals surface area contributed by atoms with Crippen molar-refractivity contribution in [2.24, 2.45) is 0 Å². The number of anilines is 2. The van der Waals surface area contributed by atoms with Crippen LogP contribution in [-0.4, -0.2) is 41.0 Å². The molecule has 0 amide bonds. The van der Waals surface area contributed by atoms with Gasteiger partial charge in [0.2, 0.25) is 0 Å². The molecule has 5 nitrogen and oxygen atoms in total. The van der Waals surface area contributed by atoms with Crippen molar-refractivity contribution >= 4 is 27.6 Å². The molecule has 1 rings (SSSR count). The second-order valence-electron chi connectivity index (χ2n) is 3.92. The van der Waals surface area contributed by atoms with Gasteiger partial charge >= 0.3 is 0 Å². The van der Waals surface area contributed by atoms with E-state index >= 15 is 0 Å². The van der Waals surface area contributed by atoms with Crippen molar-refractivity contribution in [3.05, 3.63) is 10.8 Å². The number of hydrogen-bond acceptors (Lipinski definition) is 5. The lowest BCUT2D eigenvalue weighted by atomic mass is 10.3. The molecule has 0 fully saturated rings. The Balaban J connectivity index is 2.46. The highest BCUT2D eigenvalue weighted by Crippen LogP contribution is 2.23. The molecule has 0 unspecified atom stereocenters. The van der Waals surface area contributed by atoms with E-state index in [1.807, 2.05) is 0 Å². The van der Waals surface area contributed by atoms with Crippen LogP contribution in [0.25, 0.3) is 0 Å². The van der Waals surface area contributed by atoms with Gasteiger partial charge in [-0.25, -0.2) is 9.97 Å². The normalized spacial score (nSPS) is 11.1. The van der Waals surface area contributed by atoms with E-state index in [4.69, 9.17) is 5.73 Å². The molecule has 0 aliphatic heterocycles. The molecule has 6 heteroatoms. The minimum atomic E-state index is 0.453. The van der Waals surface area contributed by atoms with Crippen LogP contribution in [0.3, 0.4) is 0 Å². The first-order valence-electron chi connectivity index (χ1n) is 5.22. The minimum Gasteiger partial charge on any atom is -0.383 e. The molecule has 0 aliphatic rings. The number of halogens is 1. The average molecular weight is 288 g/mol. The molecule has 0 aromatic carbocycles. The van der Waals surface area contributed by atoms with Gasteiger partial charge in [-0.15, -0.1) is 0 Å². The van der Waals surface area contributed by atoms with Crippen LogP contribution >= 0.6 is 15.9 Å². The van der Waals surface area contributed by atoms with Gasteiger partial charge in [0, 0.05) is 19.1 Å².